The highest BCUT2D eigenvalue weighted by Crippen LogP contribution is 2.26. The first kappa shape index (κ1) is 17.5. The zero-order valence-corrected chi connectivity index (χ0v) is 14.4. The van der Waals surface area contributed by atoms with Gasteiger partial charge in [0.25, 0.3) is 0 Å². The van der Waals surface area contributed by atoms with Crippen molar-refractivity contribution >= 4 is 16.7 Å². The lowest BCUT2D eigenvalue weighted by Gasteiger charge is -2.34. The van der Waals surface area contributed by atoms with Crippen molar-refractivity contribution < 1.29 is 0 Å². The van der Waals surface area contributed by atoms with Crippen LogP contribution in [-0.2, 0) is 7.05 Å². The van der Waals surface area contributed by atoms with Crippen molar-refractivity contribution in [1.82, 2.24) is 14.5 Å². The number of aryl methyl sites for hydroxylation is 1. The first-order chi connectivity index (χ1) is 10.3. The Morgan fingerprint density at radius 1 is 0.905 bits per heavy atom. The van der Waals surface area contributed by atoms with E-state index in [4.69, 9.17) is 0 Å². The minimum atomic E-state index is 1.07. The van der Waals surface area contributed by atoms with Crippen LogP contribution in [-0.4, -0.2) is 47.7 Å². The molecular formula is C17H30N4. The molecule has 0 unspecified atom stereocenters. The molecule has 0 N–H and O–H groups in total. The molecular weight excluding hydrogens is 260 g/mol. The number of rotatable bonds is 1. The van der Waals surface area contributed by atoms with Crippen molar-refractivity contribution in [1.29, 1.82) is 0 Å². The molecule has 2 aromatic rings. The van der Waals surface area contributed by atoms with Crippen molar-refractivity contribution in [2.24, 2.45) is 7.05 Å². The molecule has 0 bridgehead atoms. The second-order valence-corrected chi connectivity index (χ2v) is 4.78. The summed E-state index contributed by atoms with van der Waals surface area (Å²) in [5, 5.41) is 1.26. The van der Waals surface area contributed by atoms with Gasteiger partial charge in [0, 0.05) is 56.7 Å². The molecule has 21 heavy (non-hydrogen) atoms. The number of pyridine rings is 1. The first-order valence-corrected chi connectivity index (χ1v) is 8.09. The second kappa shape index (κ2) is 8.67. The lowest BCUT2D eigenvalue weighted by atomic mass is 10.2. The summed E-state index contributed by atoms with van der Waals surface area (Å²) in [4.78, 5) is 9.27. The van der Waals surface area contributed by atoms with Gasteiger partial charge in [-0.25, -0.2) is 4.98 Å². The molecule has 4 nitrogen and oxygen atoms in total. The number of hydrogen-bond acceptors (Lipinski definition) is 3. The molecule has 4 heteroatoms. The van der Waals surface area contributed by atoms with E-state index in [1.54, 1.807) is 0 Å². The molecule has 1 saturated heterocycles. The minimum absolute atomic E-state index is 1.07. The van der Waals surface area contributed by atoms with Gasteiger partial charge in [0.2, 0.25) is 0 Å². The Morgan fingerprint density at radius 2 is 1.52 bits per heavy atom. The molecule has 0 atom stereocenters. The average Bonchev–Trinajstić information content (AvgIpc) is 2.94. The Bertz CT molecular complexity index is 525. The van der Waals surface area contributed by atoms with Crippen LogP contribution in [0.25, 0.3) is 11.0 Å². The van der Waals surface area contributed by atoms with E-state index in [0.29, 0.717) is 0 Å². The molecule has 0 radical (unpaired) electrons. The third-order valence-corrected chi connectivity index (χ3v) is 3.59. The van der Waals surface area contributed by atoms with Gasteiger partial charge in [0.1, 0.15) is 5.65 Å². The largest absolute Gasteiger partial charge is 0.368 e. The van der Waals surface area contributed by atoms with Crippen molar-refractivity contribution in [3.63, 3.8) is 0 Å². The quantitative estimate of drug-likeness (QED) is 0.805. The summed E-state index contributed by atoms with van der Waals surface area (Å²) in [6, 6.07) is 4.30. The Kier molecular flexibility index (Phi) is 7.23. The van der Waals surface area contributed by atoms with Crippen LogP contribution in [0.2, 0.25) is 0 Å². The normalized spacial score (nSPS) is 15.0. The molecule has 2 aromatic heterocycles. The van der Waals surface area contributed by atoms with E-state index in [2.05, 4.69) is 44.7 Å². The molecule has 0 amide bonds. The van der Waals surface area contributed by atoms with E-state index in [9.17, 15) is 0 Å². The summed E-state index contributed by atoms with van der Waals surface area (Å²) in [5.41, 5.74) is 2.39. The van der Waals surface area contributed by atoms with E-state index in [0.717, 1.165) is 31.8 Å². The van der Waals surface area contributed by atoms with Crippen molar-refractivity contribution in [3.8, 4) is 0 Å². The molecule has 1 aliphatic heterocycles. The maximum absolute atomic E-state index is 4.44. The van der Waals surface area contributed by atoms with Crippen LogP contribution >= 0.6 is 0 Å². The van der Waals surface area contributed by atoms with Crippen LogP contribution in [0.15, 0.2) is 24.5 Å². The van der Waals surface area contributed by atoms with E-state index < -0.39 is 0 Å². The molecule has 0 saturated carbocycles. The highest BCUT2D eigenvalue weighted by atomic mass is 15.2. The maximum atomic E-state index is 4.44. The Morgan fingerprint density at radius 3 is 2.14 bits per heavy atom. The fraction of sp³-hybridized carbons (Fsp3) is 0.588. The van der Waals surface area contributed by atoms with Gasteiger partial charge in [0.15, 0.2) is 0 Å². The summed E-state index contributed by atoms with van der Waals surface area (Å²) in [6.07, 6.45) is 3.99. The van der Waals surface area contributed by atoms with Crippen LogP contribution in [0, 0.1) is 0 Å². The zero-order valence-electron chi connectivity index (χ0n) is 14.4. The molecule has 1 aliphatic rings. The molecule has 0 spiro atoms. The van der Waals surface area contributed by atoms with Crippen LogP contribution in [0.5, 0.6) is 0 Å². The Hall–Kier alpha value is -1.55. The van der Waals surface area contributed by atoms with Gasteiger partial charge in [-0.2, -0.15) is 0 Å². The third-order valence-electron chi connectivity index (χ3n) is 3.59. The minimum Gasteiger partial charge on any atom is -0.368 e. The topological polar surface area (TPSA) is 24.3 Å². The predicted molar refractivity (Wildman–Crippen MR) is 93.1 cm³/mol. The summed E-state index contributed by atoms with van der Waals surface area (Å²) >= 11 is 0. The molecule has 3 heterocycles. The number of aromatic nitrogens is 2. The number of anilines is 1. The highest BCUT2D eigenvalue weighted by Gasteiger charge is 2.16. The van der Waals surface area contributed by atoms with Gasteiger partial charge in [-0.3, -0.25) is 0 Å². The van der Waals surface area contributed by atoms with Crippen molar-refractivity contribution in [3.05, 3.63) is 24.5 Å². The van der Waals surface area contributed by atoms with E-state index in [1.807, 2.05) is 40.9 Å². The zero-order chi connectivity index (χ0) is 15.8. The molecule has 1 fully saturated rings. The molecule has 0 aliphatic carbocycles. The fourth-order valence-corrected chi connectivity index (χ4v) is 2.47. The number of nitrogens with zero attached hydrogens (tertiary/aromatic N) is 4. The van der Waals surface area contributed by atoms with Gasteiger partial charge < -0.3 is 14.4 Å². The maximum Gasteiger partial charge on any atom is 0.141 e. The van der Waals surface area contributed by atoms with Gasteiger partial charge in [-0.1, -0.05) is 27.7 Å². The Labute approximate surface area is 129 Å². The van der Waals surface area contributed by atoms with Gasteiger partial charge in [0.05, 0.1) is 0 Å². The van der Waals surface area contributed by atoms with Gasteiger partial charge in [-0.05, 0) is 19.2 Å². The smallest absolute Gasteiger partial charge is 0.141 e. The summed E-state index contributed by atoms with van der Waals surface area (Å²) in [7, 11) is 4.23. The second-order valence-electron chi connectivity index (χ2n) is 4.78. The first-order valence-electron chi connectivity index (χ1n) is 8.09. The molecule has 0 aromatic carbocycles. The summed E-state index contributed by atoms with van der Waals surface area (Å²) in [5.74, 6) is 0. The van der Waals surface area contributed by atoms with Gasteiger partial charge >= 0.3 is 0 Å². The number of fused-ring (bicyclic) bond motifs is 1. The standard InChI is InChI=1S/C13H18N4.2C2H6/c1-15-7-9-17(10-8-15)12-3-5-14-13-11(12)4-6-16(13)2;2*1-2/h3-6H,7-10H2,1-2H3;2*1-2H3. The fourth-order valence-electron chi connectivity index (χ4n) is 2.47. The number of piperazine rings is 1. The summed E-state index contributed by atoms with van der Waals surface area (Å²) < 4.78 is 2.08. The van der Waals surface area contributed by atoms with Crippen molar-refractivity contribution in [2.75, 3.05) is 38.1 Å². The third kappa shape index (κ3) is 3.97. The molecule has 118 valence electrons. The average molecular weight is 290 g/mol. The predicted octanol–water partition coefficient (Wildman–Crippen LogP) is 3.38. The van der Waals surface area contributed by atoms with E-state index in [1.165, 1.54) is 11.1 Å². The van der Waals surface area contributed by atoms with Crippen molar-refractivity contribution in [2.45, 2.75) is 27.7 Å². The number of likely N-dealkylation sites (N-methyl/N-ethyl adjacent to an activating group) is 1. The SMILES string of the molecule is CC.CC.CN1CCN(c2ccnc3c2ccn3C)CC1. The van der Waals surface area contributed by atoms with Crippen LogP contribution in [0.3, 0.4) is 0 Å². The summed E-state index contributed by atoms with van der Waals surface area (Å²) in [6.45, 7) is 12.5. The van der Waals surface area contributed by atoms with E-state index in [-0.39, 0.29) is 0 Å². The lowest BCUT2D eigenvalue weighted by Crippen LogP contribution is -2.44. The van der Waals surface area contributed by atoms with Crippen LogP contribution in [0.4, 0.5) is 5.69 Å². The monoisotopic (exact) mass is 290 g/mol. The number of hydrogen-bond donors (Lipinski definition) is 0. The lowest BCUT2D eigenvalue weighted by molar-refractivity contribution is 0.313. The van der Waals surface area contributed by atoms with E-state index >= 15 is 0 Å². The van der Waals surface area contributed by atoms with Gasteiger partial charge in [-0.15, -0.1) is 0 Å². The Balaban J connectivity index is 0.000000510. The molecule has 3 rings (SSSR count). The highest BCUT2D eigenvalue weighted by molar-refractivity contribution is 5.90. The van der Waals surface area contributed by atoms with Crippen LogP contribution in [0.1, 0.15) is 27.7 Å². The van der Waals surface area contributed by atoms with Crippen LogP contribution < -0.4 is 4.90 Å².